The topological polar surface area (TPSA) is 20.2 Å². The Morgan fingerprint density at radius 2 is 1.19 bits per heavy atom. The lowest BCUT2D eigenvalue weighted by Crippen LogP contribution is -1.93. The van der Waals surface area contributed by atoms with E-state index in [0.29, 0.717) is 0 Å². The number of aliphatic hydroxyl groups excluding tert-OH is 1. The summed E-state index contributed by atoms with van der Waals surface area (Å²) >= 11 is 3.50. The molecule has 140 valence electrons. The smallest absolute Gasteiger partial charge is 0.0681 e. The number of rotatable bonds is 4. The number of hydrogen-bond acceptors (Lipinski definition) is 1. The van der Waals surface area contributed by atoms with Crippen LogP contribution in [0.2, 0.25) is 0 Å². The van der Waals surface area contributed by atoms with Gasteiger partial charge in [-0.15, -0.1) is 0 Å². The van der Waals surface area contributed by atoms with Crippen LogP contribution in [0.4, 0.5) is 0 Å². The minimum Gasteiger partial charge on any atom is -0.392 e. The van der Waals surface area contributed by atoms with Crippen molar-refractivity contribution in [3.8, 4) is 0 Å². The fourth-order valence-electron chi connectivity index (χ4n) is 4.39. The van der Waals surface area contributed by atoms with Crippen molar-refractivity contribution < 1.29 is 5.11 Å². The minimum atomic E-state index is 0.167. The molecule has 2 aliphatic carbocycles. The van der Waals surface area contributed by atoms with E-state index >= 15 is 0 Å². The molecule has 1 nitrogen and oxygen atoms in total. The first-order valence-electron chi connectivity index (χ1n) is 10.1. The van der Waals surface area contributed by atoms with E-state index in [9.17, 15) is 0 Å². The SMILES string of the molecule is BrCc1cccc(C2CCCC2)c1.OCc1cccc(C2CCCC2)c1. The molecular formula is C24H31BrO. The van der Waals surface area contributed by atoms with Crippen LogP contribution in [0.1, 0.15) is 85.5 Å². The second-order valence-corrected chi connectivity index (χ2v) is 8.31. The third-order valence-corrected chi connectivity index (χ3v) is 6.54. The Balaban J connectivity index is 0.000000151. The number of aliphatic hydroxyl groups is 1. The number of alkyl halides is 1. The van der Waals surface area contributed by atoms with Crippen LogP contribution in [-0.2, 0) is 11.9 Å². The van der Waals surface area contributed by atoms with Crippen LogP contribution < -0.4 is 0 Å². The molecule has 0 unspecified atom stereocenters. The van der Waals surface area contributed by atoms with Gasteiger partial charge in [0.25, 0.3) is 0 Å². The van der Waals surface area contributed by atoms with E-state index in [0.717, 1.165) is 22.7 Å². The Kier molecular flexibility index (Phi) is 7.76. The number of halogens is 1. The molecule has 0 amide bonds. The van der Waals surface area contributed by atoms with Crippen molar-refractivity contribution in [2.45, 2.75) is 75.1 Å². The van der Waals surface area contributed by atoms with E-state index in [1.165, 1.54) is 62.5 Å². The maximum absolute atomic E-state index is 9.00. The quantitative estimate of drug-likeness (QED) is 0.529. The van der Waals surface area contributed by atoms with Crippen molar-refractivity contribution in [1.82, 2.24) is 0 Å². The van der Waals surface area contributed by atoms with Gasteiger partial charge in [-0.1, -0.05) is 90.1 Å². The highest BCUT2D eigenvalue weighted by Gasteiger charge is 2.17. The van der Waals surface area contributed by atoms with Crippen molar-refractivity contribution >= 4 is 15.9 Å². The molecule has 2 aliphatic rings. The van der Waals surface area contributed by atoms with Crippen molar-refractivity contribution in [1.29, 1.82) is 0 Å². The average molecular weight is 415 g/mol. The zero-order valence-electron chi connectivity index (χ0n) is 15.7. The minimum absolute atomic E-state index is 0.167. The summed E-state index contributed by atoms with van der Waals surface area (Å²) < 4.78 is 0. The van der Waals surface area contributed by atoms with Gasteiger partial charge in [-0.05, 0) is 59.8 Å². The predicted octanol–water partition coefficient (Wildman–Crippen LogP) is 7.08. The number of benzene rings is 2. The average Bonchev–Trinajstić information content (AvgIpc) is 3.42. The van der Waals surface area contributed by atoms with Crippen molar-refractivity contribution in [2.75, 3.05) is 0 Å². The molecule has 2 fully saturated rings. The Bertz CT molecular complexity index is 610. The van der Waals surface area contributed by atoms with E-state index in [-0.39, 0.29) is 6.61 Å². The van der Waals surface area contributed by atoms with Crippen LogP contribution in [0.5, 0.6) is 0 Å². The molecule has 0 aliphatic heterocycles. The van der Waals surface area contributed by atoms with Crippen LogP contribution in [0, 0.1) is 0 Å². The predicted molar refractivity (Wildman–Crippen MR) is 114 cm³/mol. The first kappa shape index (κ1) is 19.6. The van der Waals surface area contributed by atoms with Gasteiger partial charge in [0.05, 0.1) is 6.61 Å². The van der Waals surface area contributed by atoms with Gasteiger partial charge in [0, 0.05) is 5.33 Å². The van der Waals surface area contributed by atoms with Crippen LogP contribution >= 0.6 is 15.9 Å². The highest BCUT2D eigenvalue weighted by Crippen LogP contribution is 2.35. The summed E-state index contributed by atoms with van der Waals surface area (Å²) in [7, 11) is 0. The fraction of sp³-hybridized carbons (Fsp3) is 0.500. The van der Waals surface area contributed by atoms with Gasteiger partial charge in [0.2, 0.25) is 0 Å². The van der Waals surface area contributed by atoms with E-state index in [2.05, 4.69) is 58.4 Å². The third kappa shape index (κ3) is 5.44. The molecule has 0 bridgehead atoms. The van der Waals surface area contributed by atoms with Gasteiger partial charge < -0.3 is 5.11 Å². The Morgan fingerprint density at radius 3 is 1.65 bits per heavy atom. The Labute approximate surface area is 167 Å². The molecule has 2 aromatic rings. The zero-order valence-corrected chi connectivity index (χ0v) is 17.3. The lowest BCUT2D eigenvalue weighted by atomic mass is 9.96. The highest BCUT2D eigenvalue weighted by molar-refractivity contribution is 9.08. The second-order valence-electron chi connectivity index (χ2n) is 7.74. The molecule has 0 spiro atoms. The molecule has 0 aromatic heterocycles. The summed E-state index contributed by atoms with van der Waals surface area (Å²) in [4.78, 5) is 0. The standard InChI is InChI=1S/C12H15Br.C12H16O/c2*13-9-10-4-3-7-12(8-10)11-5-1-2-6-11/h3-4,7-8,11H,1-2,5-6,9H2;3-4,7-8,11,13H,1-2,5-6,9H2. The van der Waals surface area contributed by atoms with E-state index < -0.39 is 0 Å². The molecule has 4 rings (SSSR count). The molecule has 26 heavy (non-hydrogen) atoms. The van der Waals surface area contributed by atoms with Crippen molar-refractivity contribution in [3.63, 3.8) is 0 Å². The molecular weight excluding hydrogens is 384 g/mol. The highest BCUT2D eigenvalue weighted by atomic mass is 79.9. The molecule has 0 atom stereocenters. The Hall–Kier alpha value is -1.12. The largest absolute Gasteiger partial charge is 0.392 e. The first-order chi connectivity index (χ1) is 12.8. The van der Waals surface area contributed by atoms with Gasteiger partial charge in [-0.3, -0.25) is 0 Å². The molecule has 2 saturated carbocycles. The van der Waals surface area contributed by atoms with Crippen LogP contribution in [-0.4, -0.2) is 5.11 Å². The maximum Gasteiger partial charge on any atom is 0.0681 e. The lowest BCUT2D eigenvalue weighted by Gasteiger charge is -2.09. The molecule has 0 heterocycles. The van der Waals surface area contributed by atoms with Gasteiger partial charge >= 0.3 is 0 Å². The maximum atomic E-state index is 9.00. The van der Waals surface area contributed by atoms with Crippen molar-refractivity contribution in [2.24, 2.45) is 0 Å². The summed E-state index contributed by atoms with van der Waals surface area (Å²) in [6.45, 7) is 0.167. The van der Waals surface area contributed by atoms with E-state index in [1.54, 1.807) is 5.56 Å². The summed E-state index contributed by atoms with van der Waals surface area (Å²) in [5.74, 6) is 1.60. The van der Waals surface area contributed by atoms with Gasteiger partial charge in [-0.2, -0.15) is 0 Å². The van der Waals surface area contributed by atoms with Gasteiger partial charge in [0.15, 0.2) is 0 Å². The Morgan fingerprint density at radius 1 is 0.731 bits per heavy atom. The molecule has 1 N–H and O–H groups in total. The molecule has 0 radical (unpaired) electrons. The summed E-state index contributed by atoms with van der Waals surface area (Å²) in [6, 6.07) is 17.4. The van der Waals surface area contributed by atoms with Gasteiger partial charge in [-0.25, -0.2) is 0 Å². The number of hydrogen-bond donors (Lipinski definition) is 1. The third-order valence-electron chi connectivity index (χ3n) is 5.89. The molecule has 2 aromatic carbocycles. The second kappa shape index (κ2) is 10.3. The van der Waals surface area contributed by atoms with E-state index in [4.69, 9.17) is 5.11 Å². The fourth-order valence-corrected chi connectivity index (χ4v) is 4.74. The van der Waals surface area contributed by atoms with Crippen LogP contribution in [0.3, 0.4) is 0 Å². The summed E-state index contributed by atoms with van der Waals surface area (Å²) in [5, 5.41) is 9.98. The zero-order chi connectivity index (χ0) is 18.2. The normalized spacial score (nSPS) is 17.9. The first-order valence-corrected chi connectivity index (χ1v) is 11.3. The van der Waals surface area contributed by atoms with Gasteiger partial charge in [0.1, 0.15) is 0 Å². The monoisotopic (exact) mass is 414 g/mol. The van der Waals surface area contributed by atoms with E-state index in [1.807, 2.05) is 6.07 Å². The van der Waals surface area contributed by atoms with Crippen molar-refractivity contribution in [3.05, 3.63) is 70.8 Å². The van der Waals surface area contributed by atoms with Crippen LogP contribution in [0.15, 0.2) is 48.5 Å². The summed E-state index contributed by atoms with van der Waals surface area (Å²) in [6.07, 6.45) is 11.0. The van der Waals surface area contributed by atoms with Crippen LogP contribution in [0.25, 0.3) is 0 Å². The summed E-state index contributed by atoms with van der Waals surface area (Å²) in [5.41, 5.74) is 5.42. The molecule has 2 heteroatoms. The molecule has 0 saturated heterocycles. The lowest BCUT2D eigenvalue weighted by molar-refractivity contribution is 0.281.